The van der Waals surface area contributed by atoms with E-state index in [1.165, 1.54) is 37.7 Å². The van der Waals surface area contributed by atoms with Crippen LogP contribution in [0.4, 0.5) is 11.8 Å². The molecule has 1 aliphatic rings. The largest absolute Gasteiger partial charge is 0.377 e. The first-order valence-corrected chi connectivity index (χ1v) is 12.7. The highest BCUT2D eigenvalue weighted by Crippen LogP contribution is 2.28. The number of fused-ring (bicyclic) bond motifs is 1. The first-order valence-electron chi connectivity index (χ1n) is 12.7. The lowest BCUT2D eigenvalue weighted by atomic mass is 9.86. The molecule has 4 rings (SSSR count). The molecule has 0 amide bonds. The van der Waals surface area contributed by atoms with Gasteiger partial charge >= 0.3 is 0 Å². The molecule has 6 nitrogen and oxygen atoms in total. The second-order valence-electron chi connectivity index (χ2n) is 9.59. The van der Waals surface area contributed by atoms with Gasteiger partial charge in [-0.05, 0) is 75.2 Å². The maximum absolute atomic E-state index is 5.77. The van der Waals surface area contributed by atoms with E-state index in [9.17, 15) is 0 Å². The van der Waals surface area contributed by atoms with Crippen molar-refractivity contribution in [1.29, 1.82) is 0 Å². The van der Waals surface area contributed by atoms with Gasteiger partial charge in [-0.25, -0.2) is 4.98 Å². The topological polar surface area (TPSA) is 62.3 Å². The second kappa shape index (κ2) is 12.7. The second-order valence-corrected chi connectivity index (χ2v) is 9.59. The highest BCUT2D eigenvalue weighted by atomic mass is 16.5. The Bertz CT molecular complexity index is 1000. The van der Waals surface area contributed by atoms with Gasteiger partial charge in [0.05, 0.1) is 12.1 Å². The average Bonchev–Trinajstić information content (AvgIpc) is 2.86. The quantitative estimate of drug-likeness (QED) is 0.359. The lowest BCUT2D eigenvalue weighted by molar-refractivity contribution is 0.117. The van der Waals surface area contributed by atoms with Gasteiger partial charge < -0.3 is 20.3 Å². The van der Waals surface area contributed by atoms with Crippen LogP contribution in [-0.4, -0.2) is 49.8 Å². The molecule has 0 spiro atoms. The zero-order valence-electron chi connectivity index (χ0n) is 20.7. The van der Waals surface area contributed by atoms with E-state index in [1.54, 1.807) is 0 Å². The predicted octanol–water partition coefficient (Wildman–Crippen LogP) is 5.25. The average molecular weight is 462 g/mol. The Labute approximate surface area is 204 Å². The van der Waals surface area contributed by atoms with Crippen molar-refractivity contribution in [2.75, 3.05) is 44.0 Å². The van der Waals surface area contributed by atoms with Gasteiger partial charge in [-0.2, -0.15) is 4.98 Å². The van der Waals surface area contributed by atoms with Crippen LogP contribution in [0.5, 0.6) is 0 Å². The van der Waals surface area contributed by atoms with E-state index in [2.05, 4.69) is 51.9 Å². The Kier molecular flexibility index (Phi) is 9.11. The molecule has 0 unspecified atom stereocenters. The summed E-state index contributed by atoms with van der Waals surface area (Å²) in [4.78, 5) is 11.6. The lowest BCUT2D eigenvalue weighted by Crippen LogP contribution is -2.32. The van der Waals surface area contributed by atoms with Crippen molar-refractivity contribution in [2.45, 2.75) is 51.2 Å². The van der Waals surface area contributed by atoms with Crippen molar-refractivity contribution in [1.82, 2.24) is 15.3 Å². The summed E-state index contributed by atoms with van der Waals surface area (Å²) in [6.07, 6.45) is 7.12. The van der Waals surface area contributed by atoms with Crippen LogP contribution in [0, 0.1) is 5.92 Å². The van der Waals surface area contributed by atoms with Gasteiger partial charge in [0.1, 0.15) is 5.82 Å². The van der Waals surface area contributed by atoms with Crippen LogP contribution in [0.15, 0.2) is 54.6 Å². The van der Waals surface area contributed by atoms with E-state index in [4.69, 9.17) is 14.7 Å². The number of aromatic nitrogens is 2. The molecule has 1 fully saturated rings. The fourth-order valence-electron chi connectivity index (χ4n) is 4.68. The molecular formula is C28H39N5O. The number of nitrogens with zero attached hydrogens (tertiary/aromatic N) is 3. The van der Waals surface area contributed by atoms with Crippen LogP contribution >= 0.6 is 0 Å². The minimum Gasteiger partial charge on any atom is -0.377 e. The van der Waals surface area contributed by atoms with Gasteiger partial charge in [0.15, 0.2) is 0 Å². The van der Waals surface area contributed by atoms with E-state index in [-0.39, 0.29) is 0 Å². The first-order chi connectivity index (χ1) is 16.7. The molecule has 1 heterocycles. The van der Waals surface area contributed by atoms with E-state index in [0.717, 1.165) is 54.7 Å². The number of ether oxygens (including phenoxy) is 1. The maximum Gasteiger partial charge on any atom is 0.225 e. The van der Waals surface area contributed by atoms with Gasteiger partial charge in [-0.1, -0.05) is 42.5 Å². The van der Waals surface area contributed by atoms with Gasteiger partial charge in [-0.3, -0.25) is 0 Å². The molecule has 182 valence electrons. The number of anilines is 2. The molecule has 0 bridgehead atoms. The van der Waals surface area contributed by atoms with Crippen molar-refractivity contribution in [3.8, 4) is 0 Å². The van der Waals surface area contributed by atoms with Gasteiger partial charge in [0.25, 0.3) is 0 Å². The van der Waals surface area contributed by atoms with Crippen LogP contribution < -0.4 is 15.5 Å². The molecule has 2 N–H and O–H groups in total. The molecular weight excluding hydrogens is 422 g/mol. The Morgan fingerprint density at radius 3 is 2.47 bits per heavy atom. The van der Waals surface area contributed by atoms with Crippen molar-refractivity contribution in [3.05, 3.63) is 60.2 Å². The molecule has 0 radical (unpaired) electrons. The number of para-hydroxylation sites is 1. The number of unbranched alkanes of at least 4 members (excludes halogenated alkanes) is 1. The molecule has 0 atom stereocenters. The standard InChI is InChI=1S/C28H39N5O/c1-33(2)27-25-12-6-7-13-26(25)31-28(32-27)30-24-16-14-22(15-17-24)20-29-18-8-9-19-34-21-23-10-4-3-5-11-23/h3-7,10-13,22,24,29H,8-9,14-21H2,1-2H3,(H,30,31,32). The number of hydrogen-bond acceptors (Lipinski definition) is 6. The zero-order valence-corrected chi connectivity index (χ0v) is 20.7. The lowest BCUT2D eigenvalue weighted by Gasteiger charge is -2.29. The normalized spacial score (nSPS) is 18.2. The van der Waals surface area contributed by atoms with Gasteiger partial charge in [0, 0.05) is 32.1 Å². The van der Waals surface area contributed by atoms with Crippen LogP contribution in [0.25, 0.3) is 10.9 Å². The molecule has 1 saturated carbocycles. The summed E-state index contributed by atoms with van der Waals surface area (Å²) >= 11 is 0. The Hall–Kier alpha value is -2.70. The molecule has 3 aromatic rings. The number of benzene rings is 2. The van der Waals surface area contributed by atoms with E-state index in [1.807, 2.05) is 32.3 Å². The Morgan fingerprint density at radius 1 is 0.912 bits per heavy atom. The molecule has 0 aliphatic heterocycles. The summed E-state index contributed by atoms with van der Waals surface area (Å²) in [5, 5.41) is 8.37. The highest BCUT2D eigenvalue weighted by Gasteiger charge is 2.22. The van der Waals surface area contributed by atoms with Crippen LogP contribution in [-0.2, 0) is 11.3 Å². The molecule has 1 aromatic heterocycles. The molecule has 0 saturated heterocycles. The third kappa shape index (κ3) is 7.15. The predicted molar refractivity (Wildman–Crippen MR) is 141 cm³/mol. The van der Waals surface area contributed by atoms with Gasteiger partial charge in [0.2, 0.25) is 5.95 Å². The fraction of sp³-hybridized carbons (Fsp3) is 0.500. The smallest absolute Gasteiger partial charge is 0.225 e. The Morgan fingerprint density at radius 2 is 1.68 bits per heavy atom. The molecule has 34 heavy (non-hydrogen) atoms. The minimum atomic E-state index is 0.453. The summed E-state index contributed by atoms with van der Waals surface area (Å²) in [5.41, 5.74) is 2.24. The molecule has 1 aliphatic carbocycles. The summed E-state index contributed by atoms with van der Waals surface area (Å²) in [5.74, 6) is 2.48. The first kappa shape index (κ1) is 24.4. The summed E-state index contributed by atoms with van der Waals surface area (Å²) < 4.78 is 5.77. The number of nitrogens with one attached hydrogen (secondary N) is 2. The monoisotopic (exact) mass is 461 g/mol. The van der Waals surface area contributed by atoms with Crippen LogP contribution in [0.2, 0.25) is 0 Å². The van der Waals surface area contributed by atoms with Crippen molar-refractivity contribution in [3.63, 3.8) is 0 Å². The minimum absolute atomic E-state index is 0.453. The van der Waals surface area contributed by atoms with E-state index >= 15 is 0 Å². The SMILES string of the molecule is CN(C)c1nc(NC2CCC(CNCCCCOCc3ccccc3)CC2)nc2ccccc12. The number of rotatable bonds is 12. The third-order valence-corrected chi connectivity index (χ3v) is 6.62. The van der Waals surface area contributed by atoms with Gasteiger partial charge in [-0.15, -0.1) is 0 Å². The molecule has 2 aromatic carbocycles. The van der Waals surface area contributed by atoms with Crippen molar-refractivity contribution >= 4 is 22.7 Å². The summed E-state index contributed by atoms with van der Waals surface area (Å²) in [6.45, 7) is 3.74. The zero-order chi connectivity index (χ0) is 23.6. The third-order valence-electron chi connectivity index (χ3n) is 6.62. The Balaban J connectivity index is 1.11. The molecule has 6 heteroatoms. The van der Waals surface area contributed by atoms with E-state index in [0.29, 0.717) is 12.6 Å². The fourth-order valence-corrected chi connectivity index (χ4v) is 4.68. The van der Waals surface area contributed by atoms with Crippen molar-refractivity contribution in [2.24, 2.45) is 5.92 Å². The van der Waals surface area contributed by atoms with Crippen LogP contribution in [0.1, 0.15) is 44.1 Å². The summed E-state index contributed by atoms with van der Waals surface area (Å²) in [6, 6.07) is 19.1. The summed E-state index contributed by atoms with van der Waals surface area (Å²) in [7, 11) is 4.07. The number of hydrogen-bond donors (Lipinski definition) is 2. The van der Waals surface area contributed by atoms with E-state index < -0.39 is 0 Å². The highest BCUT2D eigenvalue weighted by molar-refractivity contribution is 5.90. The van der Waals surface area contributed by atoms with Crippen molar-refractivity contribution < 1.29 is 4.74 Å². The van der Waals surface area contributed by atoms with Crippen LogP contribution in [0.3, 0.4) is 0 Å². The maximum atomic E-state index is 5.77.